The van der Waals surface area contributed by atoms with Gasteiger partial charge in [0.2, 0.25) is 15.9 Å². The third-order valence-corrected chi connectivity index (χ3v) is 7.10. The normalized spacial score (nSPS) is 16.5. The van der Waals surface area contributed by atoms with Crippen LogP contribution in [0.15, 0.2) is 58.2 Å². The van der Waals surface area contributed by atoms with Crippen molar-refractivity contribution in [2.24, 2.45) is 0 Å². The maximum Gasteiger partial charge on any atom is 0.243 e. The molecule has 28 heavy (non-hydrogen) atoms. The number of carbonyl (C=O) groups excluding carboxylic acids is 1. The van der Waals surface area contributed by atoms with Crippen molar-refractivity contribution in [1.82, 2.24) is 14.2 Å². The van der Waals surface area contributed by atoms with E-state index in [1.54, 1.807) is 36.6 Å². The van der Waals surface area contributed by atoms with Gasteiger partial charge in [0.1, 0.15) is 11.8 Å². The lowest BCUT2D eigenvalue weighted by Gasteiger charge is -2.17. The molecule has 7 nitrogen and oxygen atoms in total. The zero-order valence-corrected chi connectivity index (χ0v) is 16.5. The Bertz CT molecular complexity index is 1080. The number of nitrogens with zero attached hydrogens (tertiary/aromatic N) is 2. The molecule has 1 aliphatic heterocycles. The number of furan rings is 1. The molecule has 3 aromatic rings. The lowest BCUT2D eigenvalue weighted by molar-refractivity contribution is -0.124. The van der Waals surface area contributed by atoms with Crippen LogP contribution in [0, 0.1) is 0 Å². The highest BCUT2D eigenvalue weighted by Gasteiger charge is 2.27. The quantitative estimate of drug-likeness (QED) is 0.688. The summed E-state index contributed by atoms with van der Waals surface area (Å²) < 4.78 is 34.2. The molecular formula is C20H23N3O4S. The standard InChI is InChI=1S/C20H23N3O4S/c1-15(20(24)21-14-17-5-4-12-27-17)23-11-8-16-13-18(6-7-19(16)23)28(25,26)22-9-2-3-10-22/h4-8,11-13,15H,2-3,9-10,14H2,1H3,(H,21,24)/t15-/m1/s1. The second kappa shape index (κ2) is 7.44. The van der Waals surface area contributed by atoms with Crippen molar-refractivity contribution >= 4 is 26.8 Å². The number of hydrogen-bond donors (Lipinski definition) is 1. The van der Waals surface area contributed by atoms with Crippen LogP contribution in [-0.4, -0.2) is 36.3 Å². The number of benzene rings is 1. The molecule has 1 atom stereocenters. The van der Waals surface area contributed by atoms with Gasteiger partial charge in [0.25, 0.3) is 0 Å². The molecule has 0 radical (unpaired) electrons. The molecule has 1 N–H and O–H groups in total. The van der Waals surface area contributed by atoms with E-state index in [0.717, 1.165) is 23.7 Å². The van der Waals surface area contributed by atoms with Crippen LogP contribution in [0.25, 0.3) is 10.9 Å². The van der Waals surface area contributed by atoms with Gasteiger partial charge < -0.3 is 14.3 Å². The van der Waals surface area contributed by atoms with Crippen LogP contribution in [0.5, 0.6) is 0 Å². The molecule has 0 spiro atoms. The number of fused-ring (bicyclic) bond motifs is 1. The molecule has 1 aliphatic rings. The number of carbonyl (C=O) groups is 1. The van der Waals surface area contributed by atoms with E-state index in [1.165, 1.54) is 4.31 Å². The predicted molar refractivity (Wildman–Crippen MR) is 105 cm³/mol. The molecule has 148 valence electrons. The molecule has 8 heteroatoms. The van der Waals surface area contributed by atoms with E-state index in [0.29, 0.717) is 30.3 Å². The number of amides is 1. The Labute approximate surface area is 164 Å². The van der Waals surface area contributed by atoms with Crippen molar-refractivity contribution in [3.63, 3.8) is 0 Å². The van der Waals surface area contributed by atoms with E-state index < -0.39 is 16.1 Å². The first-order valence-electron chi connectivity index (χ1n) is 9.37. The van der Waals surface area contributed by atoms with Crippen molar-refractivity contribution in [3.8, 4) is 0 Å². The van der Waals surface area contributed by atoms with Crippen LogP contribution in [0.4, 0.5) is 0 Å². The molecule has 0 bridgehead atoms. The van der Waals surface area contributed by atoms with Crippen LogP contribution in [0.1, 0.15) is 31.6 Å². The van der Waals surface area contributed by atoms with Crippen molar-refractivity contribution < 1.29 is 17.6 Å². The zero-order valence-electron chi connectivity index (χ0n) is 15.7. The van der Waals surface area contributed by atoms with Gasteiger partial charge in [0, 0.05) is 30.2 Å². The fourth-order valence-corrected chi connectivity index (χ4v) is 5.13. The summed E-state index contributed by atoms with van der Waals surface area (Å²) in [7, 11) is -3.46. The molecular weight excluding hydrogens is 378 g/mol. The molecule has 0 aliphatic carbocycles. The molecule has 1 aromatic carbocycles. The van der Waals surface area contributed by atoms with E-state index in [2.05, 4.69) is 5.32 Å². The van der Waals surface area contributed by atoms with Crippen molar-refractivity contribution in [2.75, 3.05) is 13.1 Å². The van der Waals surface area contributed by atoms with Crippen LogP contribution in [0.3, 0.4) is 0 Å². The Hall–Kier alpha value is -2.58. The minimum Gasteiger partial charge on any atom is -0.467 e. The van der Waals surface area contributed by atoms with E-state index >= 15 is 0 Å². The summed E-state index contributed by atoms with van der Waals surface area (Å²) in [6.45, 7) is 3.29. The Morgan fingerprint density at radius 2 is 2.00 bits per heavy atom. The first kappa shape index (κ1) is 18.8. The Balaban J connectivity index is 1.55. The van der Waals surface area contributed by atoms with E-state index in [4.69, 9.17) is 4.42 Å². The monoisotopic (exact) mass is 401 g/mol. The largest absolute Gasteiger partial charge is 0.467 e. The van der Waals surface area contributed by atoms with Crippen LogP contribution < -0.4 is 5.32 Å². The number of aromatic nitrogens is 1. The highest BCUT2D eigenvalue weighted by Crippen LogP contribution is 2.27. The summed E-state index contributed by atoms with van der Waals surface area (Å²) in [6.07, 6.45) is 5.19. The molecule has 0 unspecified atom stereocenters. The fourth-order valence-electron chi connectivity index (χ4n) is 3.58. The van der Waals surface area contributed by atoms with Gasteiger partial charge in [0.05, 0.1) is 17.7 Å². The maximum absolute atomic E-state index is 12.8. The highest BCUT2D eigenvalue weighted by molar-refractivity contribution is 7.89. The fraction of sp³-hybridized carbons (Fsp3) is 0.350. The van der Waals surface area contributed by atoms with E-state index in [1.807, 2.05) is 23.8 Å². The summed E-state index contributed by atoms with van der Waals surface area (Å²) in [6, 6.07) is 10.1. The minimum absolute atomic E-state index is 0.136. The SMILES string of the molecule is C[C@H](C(=O)NCc1ccco1)n1ccc2cc(S(=O)(=O)N3CCCC3)ccc21. The summed E-state index contributed by atoms with van der Waals surface area (Å²) in [5.74, 6) is 0.553. The van der Waals surface area contributed by atoms with Crippen molar-refractivity contribution in [3.05, 3.63) is 54.6 Å². The topological polar surface area (TPSA) is 84.5 Å². The molecule has 3 heterocycles. The maximum atomic E-state index is 12.8. The van der Waals surface area contributed by atoms with Gasteiger partial charge in [-0.1, -0.05) is 0 Å². The predicted octanol–water partition coefficient (Wildman–Crippen LogP) is 2.90. The smallest absolute Gasteiger partial charge is 0.243 e. The Morgan fingerprint density at radius 3 is 2.71 bits per heavy atom. The third kappa shape index (κ3) is 3.45. The summed E-state index contributed by atoms with van der Waals surface area (Å²) in [5, 5.41) is 3.65. The average Bonchev–Trinajstić information content (AvgIpc) is 3.46. The average molecular weight is 401 g/mol. The van der Waals surface area contributed by atoms with Gasteiger partial charge in [-0.2, -0.15) is 4.31 Å². The zero-order chi connectivity index (χ0) is 19.7. The number of rotatable bonds is 6. The van der Waals surface area contributed by atoms with Crippen LogP contribution in [0.2, 0.25) is 0 Å². The van der Waals surface area contributed by atoms with E-state index in [-0.39, 0.29) is 5.91 Å². The van der Waals surface area contributed by atoms with Gasteiger partial charge in [-0.05, 0) is 56.2 Å². The second-order valence-electron chi connectivity index (χ2n) is 7.03. The van der Waals surface area contributed by atoms with E-state index in [9.17, 15) is 13.2 Å². The van der Waals surface area contributed by atoms with Gasteiger partial charge in [-0.25, -0.2) is 8.42 Å². The van der Waals surface area contributed by atoms with Crippen LogP contribution in [-0.2, 0) is 21.4 Å². The Morgan fingerprint density at radius 1 is 1.21 bits per heavy atom. The molecule has 4 rings (SSSR count). The summed E-state index contributed by atoms with van der Waals surface area (Å²) >= 11 is 0. The molecule has 2 aromatic heterocycles. The first-order chi connectivity index (χ1) is 13.5. The van der Waals surface area contributed by atoms with Gasteiger partial charge in [-0.3, -0.25) is 4.79 Å². The highest BCUT2D eigenvalue weighted by atomic mass is 32.2. The third-order valence-electron chi connectivity index (χ3n) is 5.21. The minimum atomic E-state index is -3.46. The molecule has 1 fully saturated rings. The van der Waals surface area contributed by atoms with Gasteiger partial charge in [-0.15, -0.1) is 0 Å². The van der Waals surface area contributed by atoms with Gasteiger partial charge >= 0.3 is 0 Å². The lowest BCUT2D eigenvalue weighted by atomic mass is 10.2. The number of sulfonamides is 1. The Kier molecular flexibility index (Phi) is 4.99. The summed E-state index contributed by atoms with van der Waals surface area (Å²) in [4.78, 5) is 12.8. The molecule has 1 amide bonds. The number of nitrogens with one attached hydrogen (secondary N) is 1. The first-order valence-corrected chi connectivity index (χ1v) is 10.8. The summed E-state index contributed by atoms with van der Waals surface area (Å²) in [5.41, 5.74) is 0.820. The lowest BCUT2D eigenvalue weighted by Crippen LogP contribution is -2.30. The molecule has 0 saturated carbocycles. The van der Waals surface area contributed by atoms with Gasteiger partial charge in [0.15, 0.2) is 0 Å². The number of hydrogen-bond acceptors (Lipinski definition) is 4. The van der Waals surface area contributed by atoms with Crippen LogP contribution >= 0.6 is 0 Å². The second-order valence-corrected chi connectivity index (χ2v) is 8.97. The van der Waals surface area contributed by atoms with Crippen molar-refractivity contribution in [1.29, 1.82) is 0 Å². The van der Waals surface area contributed by atoms with Crippen molar-refractivity contribution in [2.45, 2.75) is 37.2 Å². The molecule has 1 saturated heterocycles.